The summed E-state index contributed by atoms with van der Waals surface area (Å²) in [6.45, 7) is 6.39. The van der Waals surface area contributed by atoms with Gasteiger partial charge in [0.2, 0.25) is 0 Å². The Labute approximate surface area is 146 Å². The third-order valence-corrected chi connectivity index (χ3v) is 5.28. The number of hydrogen-bond donors (Lipinski definition) is 2. The second kappa shape index (κ2) is 7.69. The Hall–Kier alpha value is -2.04. The van der Waals surface area contributed by atoms with Crippen LogP contribution in [0.4, 0.5) is 0 Å². The van der Waals surface area contributed by atoms with Crippen molar-refractivity contribution in [2.45, 2.75) is 24.0 Å². The molecule has 4 rings (SSSR count). The minimum absolute atomic E-state index is 0.124. The summed E-state index contributed by atoms with van der Waals surface area (Å²) in [5, 5.41) is 4.14. The average Bonchev–Trinajstić information content (AvgIpc) is 3.02. The van der Waals surface area contributed by atoms with E-state index in [4.69, 9.17) is 0 Å². The van der Waals surface area contributed by atoms with Crippen molar-refractivity contribution in [1.82, 2.24) is 10.3 Å². The van der Waals surface area contributed by atoms with E-state index in [1.165, 1.54) is 10.5 Å². The molecule has 3 aromatic rings. The molecule has 0 saturated heterocycles. The molecule has 1 aliphatic rings. The van der Waals surface area contributed by atoms with Crippen LogP contribution in [0.25, 0.3) is 22.2 Å². The zero-order valence-electron chi connectivity index (χ0n) is 14.0. The van der Waals surface area contributed by atoms with Gasteiger partial charge in [0.05, 0.1) is 10.9 Å². The molecule has 0 spiro atoms. The summed E-state index contributed by atoms with van der Waals surface area (Å²) in [4.78, 5) is 16.1. The summed E-state index contributed by atoms with van der Waals surface area (Å²) >= 11 is 1.63. The van der Waals surface area contributed by atoms with Gasteiger partial charge in [-0.15, -0.1) is 11.8 Å². The molecule has 0 fully saturated rings. The Kier molecular flexibility index (Phi) is 5.38. The first-order valence-electron chi connectivity index (χ1n) is 8.32. The number of fused-ring (bicyclic) bond motifs is 5. The van der Waals surface area contributed by atoms with Crippen LogP contribution in [0, 0.1) is 0 Å². The highest BCUT2D eigenvalue weighted by molar-refractivity contribution is 8.00. The van der Waals surface area contributed by atoms with E-state index in [0.29, 0.717) is 0 Å². The molecular formula is C20H22N2OS. The highest BCUT2D eigenvalue weighted by atomic mass is 32.2. The maximum Gasteiger partial charge on any atom is 0.137 e. The number of thioether (sulfide) groups is 1. The molecule has 2 N–H and O–H groups in total. The van der Waals surface area contributed by atoms with Gasteiger partial charge in [-0.25, -0.2) is 0 Å². The van der Waals surface area contributed by atoms with E-state index in [-0.39, 0.29) is 5.25 Å². The van der Waals surface area contributed by atoms with Gasteiger partial charge in [-0.1, -0.05) is 50.2 Å². The molecule has 0 saturated carbocycles. The first kappa shape index (κ1) is 16.8. The average molecular weight is 338 g/mol. The Morgan fingerprint density at radius 3 is 2.50 bits per heavy atom. The van der Waals surface area contributed by atoms with E-state index in [2.05, 4.69) is 48.4 Å². The smallest absolute Gasteiger partial charge is 0.137 e. The summed E-state index contributed by atoms with van der Waals surface area (Å²) in [7, 11) is 0. The number of rotatable bonds is 3. The van der Waals surface area contributed by atoms with Gasteiger partial charge in [0, 0.05) is 26.9 Å². The van der Waals surface area contributed by atoms with Crippen molar-refractivity contribution in [1.29, 1.82) is 0 Å². The predicted octanol–water partition coefficient (Wildman–Crippen LogP) is 4.80. The molecule has 2 aromatic carbocycles. The Balaban J connectivity index is 0.000000300. The Morgan fingerprint density at radius 2 is 1.79 bits per heavy atom. The molecule has 3 nitrogen and oxygen atoms in total. The van der Waals surface area contributed by atoms with Gasteiger partial charge in [0.25, 0.3) is 0 Å². The molecular weight excluding hydrogens is 316 g/mol. The number of H-pyrrole nitrogens is 1. The van der Waals surface area contributed by atoms with Crippen LogP contribution in [0.2, 0.25) is 0 Å². The van der Waals surface area contributed by atoms with Crippen LogP contribution in [0.5, 0.6) is 0 Å². The van der Waals surface area contributed by atoms with Crippen LogP contribution < -0.4 is 5.32 Å². The highest BCUT2D eigenvalue weighted by Gasteiger charge is 2.28. The lowest BCUT2D eigenvalue weighted by Gasteiger charge is -2.20. The molecule has 124 valence electrons. The maximum atomic E-state index is 11.4. The molecule has 0 aliphatic carbocycles. The summed E-state index contributed by atoms with van der Waals surface area (Å²) in [6.07, 6.45) is 1.04. The second-order valence-electron chi connectivity index (χ2n) is 5.59. The predicted molar refractivity (Wildman–Crippen MR) is 103 cm³/mol. The van der Waals surface area contributed by atoms with E-state index in [9.17, 15) is 4.79 Å². The van der Waals surface area contributed by atoms with Gasteiger partial charge in [-0.05, 0) is 25.2 Å². The molecule has 2 heterocycles. The van der Waals surface area contributed by atoms with E-state index in [1.807, 2.05) is 24.3 Å². The zero-order chi connectivity index (χ0) is 16.9. The van der Waals surface area contributed by atoms with Crippen LogP contribution >= 0.6 is 11.8 Å². The SMILES string of the molecule is CCNCC.O=CC1Sc2ccccc2-c2[nH]c3ccccc3c21. The fourth-order valence-corrected chi connectivity index (χ4v) is 4.14. The Morgan fingerprint density at radius 1 is 1.08 bits per heavy atom. The molecule has 1 aliphatic heterocycles. The quantitative estimate of drug-likeness (QED) is 0.675. The van der Waals surface area contributed by atoms with Crippen molar-refractivity contribution >= 4 is 29.0 Å². The normalized spacial score (nSPS) is 15.2. The lowest BCUT2D eigenvalue weighted by molar-refractivity contribution is -0.107. The lowest BCUT2D eigenvalue weighted by atomic mass is 10.0. The van der Waals surface area contributed by atoms with Gasteiger partial charge in [0.15, 0.2) is 0 Å². The summed E-state index contributed by atoms with van der Waals surface area (Å²) in [6, 6.07) is 16.4. The molecule has 0 amide bonds. The summed E-state index contributed by atoms with van der Waals surface area (Å²) < 4.78 is 0. The minimum atomic E-state index is -0.124. The third kappa shape index (κ3) is 3.12. The third-order valence-electron chi connectivity index (χ3n) is 4.06. The van der Waals surface area contributed by atoms with E-state index in [0.717, 1.165) is 41.5 Å². The molecule has 4 heteroatoms. The molecule has 24 heavy (non-hydrogen) atoms. The van der Waals surface area contributed by atoms with Crippen LogP contribution in [0.3, 0.4) is 0 Å². The number of nitrogens with one attached hydrogen (secondary N) is 2. The zero-order valence-corrected chi connectivity index (χ0v) is 14.8. The van der Waals surface area contributed by atoms with Crippen molar-refractivity contribution in [3.8, 4) is 11.3 Å². The standard InChI is InChI=1S/C16H11NOS.C4H11N/c18-9-14-15-10-5-1-3-7-12(10)17-16(15)11-6-2-4-8-13(11)19-14;1-3-5-4-2/h1-9,14,17H;5H,3-4H2,1-2H3. The topological polar surface area (TPSA) is 44.9 Å². The van der Waals surface area contributed by atoms with E-state index < -0.39 is 0 Å². The second-order valence-corrected chi connectivity index (χ2v) is 6.77. The first-order chi connectivity index (χ1) is 11.8. The fraction of sp³-hybridized carbons (Fsp3) is 0.250. The Bertz CT molecular complexity index is 839. The molecule has 0 radical (unpaired) electrons. The summed E-state index contributed by atoms with van der Waals surface area (Å²) in [5.41, 5.74) is 4.50. The lowest BCUT2D eigenvalue weighted by Crippen LogP contribution is -2.09. The van der Waals surface area contributed by atoms with E-state index >= 15 is 0 Å². The first-order valence-corrected chi connectivity index (χ1v) is 9.20. The van der Waals surface area contributed by atoms with Crippen LogP contribution in [-0.4, -0.2) is 24.4 Å². The number of aldehydes is 1. The number of benzene rings is 2. The van der Waals surface area contributed by atoms with Gasteiger partial charge in [-0.2, -0.15) is 0 Å². The number of carbonyl (C=O) groups excluding carboxylic acids is 1. The number of carbonyl (C=O) groups is 1. The van der Waals surface area contributed by atoms with Crippen molar-refractivity contribution in [3.63, 3.8) is 0 Å². The van der Waals surface area contributed by atoms with Crippen LogP contribution in [0.15, 0.2) is 53.4 Å². The van der Waals surface area contributed by atoms with Crippen molar-refractivity contribution in [3.05, 3.63) is 54.1 Å². The highest BCUT2D eigenvalue weighted by Crippen LogP contribution is 2.50. The molecule has 1 atom stereocenters. The van der Waals surface area contributed by atoms with Crippen molar-refractivity contribution < 1.29 is 4.79 Å². The minimum Gasteiger partial charge on any atom is -0.354 e. The monoisotopic (exact) mass is 338 g/mol. The van der Waals surface area contributed by atoms with Gasteiger partial charge in [0.1, 0.15) is 6.29 Å². The van der Waals surface area contributed by atoms with Crippen molar-refractivity contribution in [2.24, 2.45) is 0 Å². The molecule has 0 bridgehead atoms. The largest absolute Gasteiger partial charge is 0.354 e. The van der Waals surface area contributed by atoms with Gasteiger partial charge >= 0.3 is 0 Å². The van der Waals surface area contributed by atoms with Gasteiger partial charge < -0.3 is 15.1 Å². The number of aromatic amines is 1. The van der Waals surface area contributed by atoms with Gasteiger partial charge in [-0.3, -0.25) is 0 Å². The maximum absolute atomic E-state index is 11.4. The number of para-hydroxylation sites is 1. The van der Waals surface area contributed by atoms with E-state index in [1.54, 1.807) is 11.8 Å². The fourth-order valence-electron chi connectivity index (χ4n) is 2.99. The molecule has 1 unspecified atom stereocenters. The summed E-state index contributed by atoms with van der Waals surface area (Å²) in [5.74, 6) is 0. The van der Waals surface area contributed by atoms with Crippen LogP contribution in [0.1, 0.15) is 24.7 Å². The molecule has 1 aromatic heterocycles. The number of aromatic nitrogens is 1. The van der Waals surface area contributed by atoms with Crippen molar-refractivity contribution in [2.75, 3.05) is 13.1 Å². The number of hydrogen-bond acceptors (Lipinski definition) is 3. The van der Waals surface area contributed by atoms with Crippen LogP contribution in [-0.2, 0) is 4.79 Å².